The van der Waals surface area contributed by atoms with E-state index in [1.807, 2.05) is 42.7 Å². The third kappa shape index (κ3) is 5.11. The molecule has 0 bridgehead atoms. The number of nitrogens with zero attached hydrogens (tertiary/aromatic N) is 4. The van der Waals surface area contributed by atoms with Crippen molar-refractivity contribution in [1.29, 1.82) is 10.7 Å². The first kappa shape index (κ1) is 19.9. The summed E-state index contributed by atoms with van der Waals surface area (Å²) in [6.45, 7) is 3.80. The van der Waals surface area contributed by atoms with Gasteiger partial charge in [0.05, 0.1) is 11.6 Å². The molecule has 0 aliphatic heterocycles. The van der Waals surface area contributed by atoms with Gasteiger partial charge in [-0.3, -0.25) is 0 Å². The summed E-state index contributed by atoms with van der Waals surface area (Å²) in [6, 6.07) is 13.3. The van der Waals surface area contributed by atoms with Gasteiger partial charge in [0.25, 0.3) is 0 Å². The molecule has 3 aromatic rings. The maximum Gasteiger partial charge on any atom is 0.159 e. The van der Waals surface area contributed by atoms with E-state index in [4.69, 9.17) is 5.41 Å². The molecule has 2 heterocycles. The maximum atomic E-state index is 9.33. The number of aryl methyl sites for hydroxylation is 1. The average molecular weight is 382 g/mol. The lowest BCUT2D eigenvalue weighted by Gasteiger charge is -2.12. The fourth-order valence-electron chi connectivity index (χ4n) is 2.81. The number of aromatic nitrogens is 3. The van der Waals surface area contributed by atoms with Gasteiger partial charge in [-0.05, 0) is 60.4 Å². The number of nitriles is 1. The van der Waals surface area contributed by atoms with Crippen molar-refractivity contribution in [3.05, 3.63) is 83.5 Å². The first-order valence-corrected chi connectivity index (χ1v) is 9.37. The van der Waals surface area contributed by atoms with Gasteiger partial charge < -0.3 is 10.7 Å². The lowest BCUT2D eigenvalue weighted by Crippen LogP contribution is -2.06. The van der Waals surface area contributed by atoms with Gasteiger partial charge in [-0.1, -0.05) is 13.0 Å². The van der Waals surface area contributed by atoms with Crippen LogP contribution in [0.5, 0.6) is 0 Å². The first-order chi connectivity index (χ1) is 14.1. The summed E-state index contributed by atoms with van der Waals surface area (Å²) < 4.78 is 0. The van der Waals surface area contributed by atoms with Gasteiger partial charge in [-0.15, -0.1) is 0 Å². The van der Waals surface area contributed by atoms with Crippen molar-refractivity contribution in [1.82, 2.24) is 15.0 Å². The summed E-state index contributed by atoms with van der Waals surface area (Å²) in [7, 11) is 0. The van der Waals surface area contributed by atoms with E-state index in [2.05, 4.69) is 33.3 Å². The smallest absolute Gasteiger partial charge is 0.159 e. The Hall–Kier alpha value is -3.85. The second kappa shape index (κ2) is 9.38. The summed E-state index contributed by atoms with van der Waals surface area (Å²) >= 11 is 0. The van der Waals surface area contributed by atoms with Gasteiger partial charge in [0.2, 0.25) is 0 Å². The summed E-state index contributed by atoms with van der Waals surface area (Å²) in [6.07, 6.45) is 8.49. The molecule has 0 atom stereocenters. The van der Waals surface area contributed by atoms with E-state index in [0.29, 0.717) is 29.3 Å². The van der Waals surface area contributed by atoms with Gasteiger partial charge in [-0.25, -0.2) is 15.0 Å². The molecule has 0 amide bonds. The molecule has 29 heavy (non-hydrogen) atoms. The van der Waals surface area contributed by atoms with Crippen molar-refractivity contribution >= 4 is 11.5 Å². The van der Waals surface area contributed by atoms with Gasteiger partial charge in [-0.2, -0.15) is 5.26 Å². The molecule has 144 valence electrons. The van der Waals surface area contributed by atoms with Crippen LogP contribution in [0.25, 0.3) is 11.4 Å². The largest absolute Gasteiger partial charge is 0.346 e. The Morgan fingerprint density at radius 1 is 1.17 bits per heavy atom. The lowest BCUT2D eigenvalue weighted by atomic mass is 9.95. The van der Waals surface area contributed by atoms with Crippen LogP contribution in [0.4, 0.5) is 5.82 Å². The van der Waals surface area contributed by atoms with Crippen molar-refractivity contribution in [3.8, 4) is 17.5 Å². The molecule has 0 saturated carbocycles. The second-order valence-electron chi connectivity index (χ2n) is 6.58. The molecule has 0 aliphatic carbocycles. The van der Waals surface area contributed by atoms with E-state index in [1.54, 1.807) is 25.4 Å². The highest BCUT2D eigenvalue weighted by Crippen LogP contribution is 2.24. The van der Waals surface area contributed by atoms with Crippen LogP contribution in [0.2, 0.25) is 0 Å². The molecular weight excluding hydrogens is 360 g/mol. The number of benzene rings is 1. The van der Waals surface area contributed by atoms with E-state index < -0.39 is 0 Å². The molecule has 6 heteroatoms. The molecule has 0 spiro atoms. The zero-order chi connectivity index (χ0) is 20.6. The molecule has 6 nitrogen and oxygen atoms in total. The summed E-state index contributed by atoms with van der Waals surface area (Å²) in [4.78, 5) is 13.2. The number of hydrogen-bond donors (Lipinski definition) is 2. The van der Waals surface area contributed by atoms with Gasteiger partial charge >= 0.3 is 0 Å². The lowest BCUT2D eigenvalue weighted by molar-refractivity contribution is 1.04. The highest BCUT2D eigenvalue weighted by atomic mass is 15.0. The standard InChI is InChI=1S/C23H22N6/c1-3-17-13-28-23(29-14-17)21-8-7-18(12-24)10-19(21)11-20(16(2)25)15-27-22-6-4-5-9-26-22/h4-10,13-15,25H,3,11H2,1-2H3,(H,26,27)/b20-15-,25-16?. The van der Waals surface area contributed by atoms with E-state index in [9.17, 15) is 5.26 Å². The zero-order valence-electron chi connectivity index (χ0n) is 16.5. The predicted molar refractivity (Wildman–Crippen MR) is 115 cm³/mol. The van der Waals surface area contributed by atoms with Crippen LogP contribution in [0.1, 0.15) is 30.5 Å². The summed E-state index contributed by atoms with van der Waals surface area (Å²) in [5.74, 6) is 1.32. The Balaban J connectivity index is 1.96. The van der Waals surface area contributed by atoms with Gasteiger partial charge in [0, 0.05) is 42.5 Å². The monoisotopic (exact) mass is 382 g/mol. The third-order valence-electron chi connectivity index (χ3n) is 4.51. The number of pyridine rings is 1. The molecule has 1 aromatic carbocycles. The third-order valence-corrected chi connectivity index (χ3v) is 4.51. The van der Waals surface area contributed by atoms with Crippen LogP contribution < -0.4 is 5.32 Å². The molecule has 2 N–H and O–H groups in total. The van der Waals surface area contributed by atoms with Crippen LogP contribution in [-0.2, 0) is 12.8 Å². The van der Waals surface area contributed by atoms with E-state index >= 15 is 0 Å². The molecule has 0 radical (unpaired) electrons. The fraction of sp³-hybridized carbons (Fsp3) is 0.174. The minimum atomic E-state index is 0.434. The molecular formula is C23H22N6. The number of rotatable bonds is 7. The maximum absolute atomic E-state index is 9.33. The van der Waals surface area contributed by atoms with Crippen LogP contribution in [0.15, 0.2) is 66.8 Å². The highest BCUT2D eigenvalue weighted by Gasteiger charge is 2.12. The van der Waals surface area contributed by atoms with Gasteiger partial charge in [0.1, 0.15) is 5.82 Å². The summed E-state index contributed by atoms with van der Waals surface area (Å²) in [5.41, 5.74) is 4.61. The average Bonchev–Trinajstić information content (AvgIpc) is 2.77. The molecule has 2 aromatic heterocycles. The molecule has 0 saturated heterocycles. The van der Waals surface area contributed by atoms with E-state index in [1.165, 1.54) is 0 Å². The van der Waals surface area contributed by atoms with Crippen molar-refractivity contribution in [2.75, 3.05) is 5.32 Å². The Kier molecular flexibility index (Phi) is 6.43. The van der Waals surface area contributed by atoms with Crippen molar-refractivity contribution in [2.45, 2.75) is 26.7 Å². The normalized spacial score (nSPS) is 11.0. The minimum absolute atomic E-state index is 0.434. The van der Waals surface area contributed by atoms with E-state index in [0.717, 1.165) is 28.7 Å². The van der Waals surface area contributed by atoms with E-state index in [-0.39, 0.29) is 0 Å². The van der Waals surface area contributed by atoms with Crippen LogP contribution >= 0.6 is 0 Å². The minimum Gasteiger partial charge on any atom is -0.346 e. The molecule has 0 aliphatic rings. The van der Waals surface area contributed by atoms with Crippen LogP contribution in [-0.4, -0.2) is 20.7 Å². The Labute approximate surface area is 170 Å². The highest BCUT2D eigenvalue weighted by molar-refractivity contribution is 5.96. The number of allylic oxidation sites excluding steroid dienone is 1. The van der Waals surface area contributed by atoms with Crippen LogP contribution in [0.3, 0.4) is 0 Å². The topological polar surface area (TPSA) is 98.3 Å². The first-order valence-electron chi connectivity index (χ1n) is 9.37. The van der Waals surface area contributed by atoms with Gasteiger partial charge in [0.15, 0.2) is 5.82 Å². The Morgan fingerprint density at radius 2 is 1.97 bits per heavy atom. The van der Waals surface area contributed by atoms with Crippen molar-refractivity contribution in [3.63, 3.8) is 0 Å². The number of nitrogens with one attached hydrogen (secondary N) is 2. The zero-order valence-corrected chi connectivity index (χ0v) is 16.5. The Morgan fingerprint density at radius 3 is 2.59 bits per heavy atom. The van der Waals surface area contributed by atoms with Crippen molar-refractivity contribution in [2.24, 2.45) is 0 Å². The molecule has 0 fully saturated rings. The number of anilines is 1. The predicted octanol–water partition coefficient (Wildman–Crippen LogP) is 4.55. The quantitative estimate of drug-likeness (QED) is 0.584. The van der Waals surface area contributed by atoms with Crippen molar-refractivity contribution < 1.29 is 0 Å². The number of hydrogen-bond acceptors (Lipinski definition) is 6. The van der Waals surface area contributed by atoms with Crippen LogP contribution in [0, 0.1) is 16.7 Å². The SMILES string of the molecule is CCc1cnc(-c2ccc(C#N)cc2C/C(=C/Nc2ccccn2)C(C)=N)nc1. The summed E-state index contributed by atoms with van der Waals surface area (Å²) in [5, 5.41) is 20.6. The molecule has 3 rings (SSSR count). The molecule has 0 unspecified atom stereocenters. The fourth-order valence-corrected chi connectivity index (χ4v) is 2.81. The second-order valence-corrected chi connectivity index (χ2v) is 6.58. The Bertz CT molecular complexity index is 1060.